The van der Waals surface area contributed by atoms with Gasteiger partial charge in [0, 0.05) is 19.2 Å². The Kier molecular flexibility index (Phi) is 4.37. The van der Waals surface area contributed by atoms with Crippen molar-refractivity contribution in [1.82, 2.24) is 9.88 Å². The van der Waals surface area contributed by atoms with Crippen LogP contribution in [0.4, 0.5) is 11.5 Å². The lowest BCUT2D eigenvalue weighted by molar-refractivity contribution is 0.0696. The number of fused-ring (bicyclic) bond motifs is 1. The maximum absolute atomic E-state index is 12.8. The lowest BCUT2D eigenvalue weighted by atomic mass is 9.98. The summed E-state index contributed by atoms with van der Waals surface area (Å²) in [6.45, 7) is 3.67. The molecule has 1 aromatic heterocycles. The fraction of sp³-hybridized carbons (Fsp3) is 0.300. The molecule has 0 atom stereocenters. The van der Waals surface area contributed by atoms with E-state index in [4.69, 9.17) is 5.73 Å². The molecular weight excluding hydrogens is 376 g/mol. The molecule has 0 aliphatic carbocycles. The maximum atomic E-state index is 12.8. The highest BCUT2D eigenvalue weighted by atomic mass is 16.4. The number of imide groups is 1. The van der Waals surface area contributed by atoms with Gasteiger partial charge < -0.3 is 15.7 Å². The maximum Gasteiger partial charge on any atom is 0.335 e. The quantitative estimate of drug-likeness (QED) is 0.664. The molecule has 4 N–H and O–H groups in total. The zero-order valence-electron chi connectivity index (χ0n) is 15.8. The van der Waals surface area contributed by atoms with Gasteiger partial charge in [-0.05, 0) is 37.0 Å². The third kappa shape index (κ3) is 3.04. The Bertz CT molecular complexity index is 1110. The number of carbonyl (C=O) groups excluding carboxylic acids is 2. The largest absolute Gasteiger partial charge is 0.478 e. The third-order valence-corrected chi connectivity index (χ3v) is 5.54. The molecule has 150 valence electrons. The summed E-state index contributed by atoms with van der Waals surface area (Å²) in [5, 5.41) is 11.5. The molecule has 1 aromatic carbocycles. The van der Waals surface area contributed by atoms with Gasteiger partial charge in [-0.25, -0.2) is 4.79 Å². The van der Waals surface area contributed by atoms with Gasteiger partial charge in [0.2, 0.25) is 0 Å². The van der Waals surface area contributed by atoms with Crippen LogP contribution in [0.25, 0.3) is 5.69 Å². The molecule has 2 aliphatic rings. The van der Waals surface area contributed by atoms with E-state index in [9.17, 15) is 24.3 Å². The van der Waals surface area contributed by atoms with Gasteiger partial charge in [-0.3, -0.25) is 24.3 Å². The van der Waals surface area contributed by atoms with Gasteiger partial charge in [0.25, 0.3) is 17.4 Å². The lowest BCUT2D eigenvalue weighted by Crippen LogP contribution is -2.34. The highest BCUT2D eigenvalue weighted by molar-refractivity contribution is 6.23. The van der Waals surface area contributed by atoms with Crippen molar-refractivity contribution in [1.29, 1.82) is 0 Å². The first-order valence-electron chi connectivity index (χ1n) is 9.31. The predicted octanol–water partition coefficient (Wildman–Crippen LogP) is 1.24. The third-order valence-electron chi connectivity index (χ3n) is 5.54. The topological polar surface area (TPSA) is 135 Å². The Morgan fingerprint density at radius 3 is 2.45 bits per heavy atom. The van der Waals surface area contributed by atoms with E-state index in [-0.39, 0.29) is 28.2 Å². The number of nitrogen functional groups attached to an aromatic ring is 1. The number of benzene rings is 1. The highest BCUT2D eigenvalue weighted by Crippen LogP contribution is 2.32. The second kappa shape index (κ2) is 6.77. The molecule has 2 aliphatic heterocycles. The standard InChI is InChI=1S/C20H20N4O5/c1-10-4-6-23(7-5-10)13-3-2-11(20(28)29)8-14(13)24-15(25)9-12-16(17(24)21)19(27)22-18(12)26/h2-3,8-10H,4-7,21H2,1H3,(H,28,29)(H,22,26,27). The number of hydrogen-bond donors (Lipinski definition) is 3. The van der Waals surface area contributed by atoms with E-state index < -0.39 is 23.3 Å². The summed E-state index contributed by atoms with van der Waals surface area (Å²) in [5.74, 6) is -2.12. The van der Waals surface area contributed by atoms with Crippen LogP contribution in [0.3, 0.4) is 0 Å². The van der Waals surface area contributed by atoms with Crippen molar-refractivity contribution in [2.24, 2.45) is 5.92 Å². The number of carboxylic acids is 1. The summed E-state index contributed by atoms with van der Waals surface area (Å²) in [5.41, 5.74) is 6.31. The van der Waals surface area contributed by atoms with E-state index in [1.165, 1.54) is 12.1 Å². The number of pyridine rings is 1. The van der Waals surface area contributed by atoms with Crippen LogP contribution < -0.4 is 21.5 Å². The second-order valence-electron chi connectivity index (χ2n) is 7.45. The number of amides is 2. The SMILES string of the molecule is CC1CCN(c2ccc(C(=O)O)cc2-n2c(N)c3c(cc2=O)C(=O)NC3=O)CC1. The molecule has 29 heavy (non-hydrogen) atoms. The molecule has 2 aromatic rings. The highest BCUT2D eigenvalue weighted by Gasteiger charge is 2.32. The molecule has 4 rings (SSSR count). The van der Waals surface area contributed by atoms with Crippen molar-refractivity contribution in [3.8, 4) is 5.69 Å². The van der Waals surface area contributed by atoms with Crippen molar-refractivity contribution in [3.05, 3.63) is 51.3 Å². The van der Waals surface area contributed by atoms with Crippen LogP contribution >= 0.6 is 0 Å². The van der Waals surface area contributed by atoms with Crippen LogP contribution in [0.2, 0.25) is 0 Å². The number of carbonyl (C=O) groups is 3. The Balaban J connectivity index is 1.95. The predicted molar refractivity (Wildman–Crippen MR) is 106 cm³/mol. The molecule has 1 fully saturated rings. The van der Waals surface area contributed by atoms with Crippen LogP contribution in [0.5, 0.6) is 0 Å². The fourth-order valence-corrected chi connectivity index (χ4v) is 3.88. The van der Waals surface area contributed by atoms with Crippen molar-refractivity contribution >= 4 is 29.3 Å². The minimum Gasteiger partial charge on any atom is -0.478 e. The first-order valence-corrected chi connectivity index (χ1v) is 9.31. The minimum absolute atomic E-state index is 0.0125. The van der Waals surface area contributed by atoms with Crippen LogP contribution in [0, 0.1) is 5.92 Å². The van der Waals surface area contributed by atoms with Crippen LogP contribution in [-0.2, 0) is 0 Å². The summed E-state index contributed by atoms with van der Waals surface area (Å²) in [6, 6.07) is 5.55. The molecule has 1 saturated heterocycles. The molecule has 0 radical (unpaired) electrons. The Morgan fingerprint density at radius 2 is 1.79 bits per heavy atom. The van der Waals surface area contributed by atoms with Crippen molar-refractivity contribution in [3.63, 3.8) is 0 Å². The fourth-order valence-electron chi connectivity index (χ4n) is 3.88. The molecule has 0 spiro atoms. The normalized spacial score (nSPS) is 16.7. The number of aromatic nitrogens is 1. The number of hydrogen-bond acceptors (Lipinski definition) is 6. The summed E-state index contributed by atoms with van der Waals surface area (Å²) in [4.78, 5) is 50.5. The summed E-state index contributed by atoms with van der Waals surface area (Å²) < 4.78 is 1.11. The molecule has 3 heterocycles. The summed E-state index contributed by atoms with van der Waals surface area (Å²) >= 11 is 0. The number of aromatic carboxylic acids is 1. The van der Waals surface area contributed by atoms with E-state index >= 15 is 0 Å². The molecule has 0 bridgehead atoms. The van der Waals surface area contributed by atoms with Gasteiger partial charge >= 0.3 is 5.97 Å². The Hall–Kier alpha value is -3.62. The first kappa shape index (κ1) is 18.7. The van der Waals surface area contributed by atoms with E-state index in [2.05, 4.69) is 17.1 Å². The average molecular weight is 396 g/mol. The Morgan fingerprint density at radius 1 is 1.10 bits per heavy atom. The van der Waals surface area contributed by atoms with Gasteiger partial charge in [-0.15, -0.1) is 0 Å². The van der Waals surface area contributed by atoms with Crippen molar-refractivity contribution in [2.45, 2.75) is 19.8 Å². The van der Waals surface area contributed by atoms with Crippen LogP contribution in [-0.4, -0.2) is 40.5 Å². The van der Waals surface area contributed by atoms with Gasteiger partial charge in [-0.1, -0.05) is 6.92 Å². The monoisotopic (exact) mass is 396 g/mol. The molecule has 0 unspecified atom stereocenters. The second-order valence-corrected chi connectivity index (χ2v) is 7.45. The van der Waals surface area contributed by atoms with E-state index in [0.717, 1.165) is 36.6 Å². The number of nitrogens with zero attached hydrogens (tertiary/aromatic N) is 2. The first-order chi connectivity index (χ1) is 13.8. The van der Waals surface area contributed by atoms with Crippen LogP contribution in [0.15, 0.2) is 29.1 Å². The smallest absolute Gasteiger partial charge is 0.335 e. The summed E-state index contributed by atoms with van der Waals surface area (Å²) in [6.07, 6.45) is 1.93. The number of nitrogens with one attached hydrogen (secondary N) is 1. The number of carboxylic acid groups (broad SMARTS) is 1. The van der Waals surface area contributed by atoms with Crippen LogP contribution in [0.1, 0.15) is 50.8 Å². The number of piperidine rings is 1. The molecule has 0 saturated carbocycles. The molecule has 2 amide bonds. The van der Waals surface area contributed by atoms with E-state index in [1.54, 1.807) is 6.07 Å². The van der Waals surface area contributed by atoms with Gasteiger partial charge in [0.05, 0.1) is 28.1 Å². The molecule has 9 nitrogen and oxygen atoms in total. The van der Waals surface area contributed by atoms with Gasteiger partial charge in [-0.2, -0.15) is 0 Å². The van der Waals surface area contributed by atoms with Gasteiger partial charge in [0.15, 0.2) is 0 Å². The van der Waals surface area contributed by atoms with E-state index in [0.29, 0.717) is 11.6 Å². The zero-order chi connectivity index (χ0) is 20.9. The minimum atomic E-state index is -1.15. The zero-order valence-corrected chi connectivity index (χ0v) is 15.8. The number of nitrogens with two attached hydrogens (primary N) is 1. The van der Waals surface area contributed by atoms with Crippen molar-refractivity contribution in [2.75, 3.05) is 23.7 Å². The molecule has 9 heteroatoms. The lowest BCUT2D eigenvalue weighted by Gasteiger charge is -2.34. The van der Waals surface area contributed by atoms with Gasteiger partial charge in [0.1, 0.15) is 5.82 Å². The average Bonchev–Trinajstić information content (AvgIpc) is 2.96. The molecular formula is C20H20N4O5. The van der Waals surface area contributed by atoms with E-state index in [1.807, 2.05) is 0 Å². The Labute approximate surface area is 165 Å². The number of anilines is 2. The van der Waals surface area contributed by atoms with Crippen molar-refractivity contribution < 1.29 is 19.5 Å². The summed E-state index contributed by atoms with van der Waals surface area (Å²) in [7, 11) is 0. The number of rotatable bonds is 3.